The van der Waals surface area contributed by atoms with Gasteiger partial charge in [-0.1, -0.05) is 11.3 Å². The lowest BCUT2D eigenvalue weighted by molar-refractivity contribution is 0.415. The number of hydrogen-bond donors (Lipinski definition) is 0. The van der Waals surface area contributed by atoms with Crippen molar-refractivity contribution in [2.45, 2.75) is 0 Å². The van der Waals surface area contributed by atoms with Gasteiger partial charge in [0.15, 0.2) is 5.06 Å². The Labute approximate surface area is 100.0 Å². The third kappa shape index (κ3) is 1.56. The Balaban J connectivity index is 2.73. The predicted octanol–water partition coefficient (Wildman–Crippen LogP) is 3.52. The van der Waals surface area contributed by atoms with Crippen molar-refractivity contribution in [3.8, 4) is 10.8 Å². The molecule has 0 saturated carbocycles. The second-order valence-electron chi connectivity index (χ2n) is 2.76. The van der Waals surface area contributed by atoms with E-state index < -0.39 is 0 Å². The van der Waals surface area contributed by atoms with Gasteiger partial charge in [0.2, 0.25) is 0 Å². The first kappa shape index (κ1) is 10.0. The van der Waals surface area contributed by atoms with Crippen molar-refractivity contribution in [3.63, 3.8) is 0 Å². The lowest BCUT2D eigenvalue weighted by atomic mass is 10.2. The summed E-state index contributed by atoms with van der Waals surface area (Å²) in [5.41, 5.74) is 0. The molecule has 0 aliphatic rings. The Kier molecular flexibility index (Phi) is 2.83. The highest BCUT2D eigenvalue weighted by Gasteiger charge is 2.09. The second kappa shape index (κ2) is 3.94. The van der Waals surface area contributed by atoms with Gasteiger partial charge in [-0.25, -0.2) is 0 Å². The van der Waals surface area contributed by atoms with Crippen LogP contribution in [-0.2, 0) is 0 Å². The molecule has 2 nitrogen and oxygen atoms in total. The lowest BCUT2D eigenvalue weighted by Gasteiger charge is -2.03. The number of thiophene rings is 1. The van der Waals surface area contributed by atoms with E-state index in [4.69, 9.17) is 9.47 Å². The molecular formula is C10H9IO2S. The molecule has 0 amide bonds. The molecule has 0 aliphatic heterocycles. The molecule has 0 atom stereocenters. The van der Waals surface area contributed by atoms with Gasteiger partial charge in [0.1, 0.15) is 5.75 Å². The van der Waals surface area contributed by atoms with Crippen LogP contribution in [0.5, 0.6) is 10.8 Å². The van der Waals surface area contributed by atoms with E-state index in [1.54, 1.807) is 25.6 Å². The molecule has 74 valence electrons. The fourth-order valence-corrected chi connectivity index (χ4v) is 2.91. The van der Waals surface area contributed by atoms with Crippen LogP contribution in [-0.4, -0.2) is 14.2 Å². The molecule has 1 aromatic heterocycles. The summed E-state index contributed by atoms with van der Waals surface area (Å²) >= 11 is 3.90. The molecule has 0 radical (unpaired) electrons. The summed E-state index contributed by atoms with van der Waals surface area (Å²) in [6.07, 6.45) is 0. The molecule has 1 aromatic carbocycles. The van der Waals surface area contributed by atoms with Crippen molar-refractivity contribution >= 4 is 44.0 Å². The summed E-state index contributed by atoms with van der Waals surface area (Å²) in [6.45, 7) is 0. The molecule has 4 heteroatoms. The Morgan fingerprint density at radius 3 is 2.64 bits per heavy atom. The van der Waals surface area contributed by atoms with Gasteiger partial charge in [0.25, 0.3) is 0 Å². The smallest absolute Gasteiger partial charge is 0.174 e. The first-order valence-corrected chi connectivity index (χ1v) is 5.96. The van der Waals surface area contributed by atoms with E-state index in [1.165, 1.54) is 4.70 Å². The quantitative estimate of drug-likeness (QED) is 0.788. The second-order valence-corrected chi connectivity index (χ2v) is 4.97. The number of rotatable bonds is 2. The first-order chi connectivity index (χ1) is 6.76. The summed E-state index contributed by atoms with van der Waals surface area (Å²) in [5.74, 6) is 0.933. The maximum atomic E-state index is 5.36. The SMILES string of the molecule is COc1cc2c(OC)c(I)ccc2s1. The molecule has 2 aromatic rings. The van der Waals surface area contributed by atoms with Gasteiger partial charge in [0.05, 0.1) is 17.8 Å². The Morgan fingerprint density at radius 2 is 2.00 bits per heavy atom. The highest BCUT2D eigenvalue weighted by Crippen LogP contribution is 2.39. The number of fused-ring (bicyclic) bond motifs is 1. The minimum absolute atomic E-state index is 0.917. The molecule has 0 spiro atoms. The van der Waals surface area contributed by atoms with Crippen LogP contribution in [0.4, 0.5) is 0 Å². The van der Waals surface area contributed by atoms with Crippen LogP contribution < -0.4 is 9.47 Å². The van der Waals surface area contributed by atoms with E-state index in [9.17, 15) is 0 Å². The number of methoxy groups -OCH3 is 2. The minimum atomic E-state index is 0.917. The Hall–Kier alpha value is -0.490. The van der Waals surface area contributed by atoms with Crippen molar-refractivity contribution in [2.75, 3.05) is 14.2 Å². The van der Waals surface area contributed by atoms with Crippen molar-refractivity contribution in [3.05, 3.63) is 21.8 Å². The highest BCUT2D eigenvalue weighted by molar-refractivity contribution is 14.1. The Bertz CT molecular complexity index is 464. The van der Waals surface area contributed by atoms with Gasteiger partial charge in [-0.15, -0.1) is 0 Å². The van der Waals surface area contributed by atoms with Crippen LogP contribution in [0, 0.1) is 3.57 Å². The average molecular weight is 320 g/mol. The van der Waals surface area contributed by atoms with E-state index in [0.717, 1.165) is 19.8 Å². The zero-order chi connectivity index (χ0) is 10.1. The van der Waals surface area contributed by atoms with E-state index in [1.807, 2.05) is 6.07 Å². The Morgan fingerprint density at radius 1 is 1.21 bits per heavy atom. The van der Waals surface area contributed by atoms with Crippen LogP contribution in [0.1, 0.15) is 0 Å². The average Bonchev–Trinajstić information content (AvgIpc) is 2.60. The molecule has 0 bridgehead atoms. The van der Waals surface area contributed by atoms with Crippen molar-refractivity contribution in [1.29, 1.82) is 0 Å². The van der Waals surface area contributed by atoms with Gasteiger partial charge < -0.3 is 9.47 Å². The van der Waals surface area contributed by atoms with Crippen molar-refractivity contribution in [1.82, 2.24) is 0 Å². The molecule has 14 heavy (non-hydrogen) atoms. The lowest BCUT2D eigenvalue weighted by Crippen LogP contribution is -1.86. The van der Waals surface area contributed by atoms with Crippen molar-refractivity contribution in [2.24, 2.45) is 0 Å². The van der Waals surface area contributed by atoms with E-state index in [2.05, 4.69) is 34.7 Å². The molecule has 0 unspecified atom stereocenters. The van der Waals surface area contributed by atoms with Crippen LogP contribution >= 0.6 is 33.9 Å². The van der Waals surface area contributed by atoms with Gasteiger partial charge in [0, 0.05) is 16.2 Å². The zero-order valence-corrected chi connectivity index (χ0v) is 10.8. The van der Waals surface area contributed by atoms with Crippen LogP contribution in [0.25, 0.3) is 10.1 Å². The molecule has 1 heterocycles. The number of ether oxygens (including phenoxy) is 2. The molecule has 0 N–H and O–H groups in total. The van der Waals surface area contributed by atoms with E-state index in [-0.39, 0.29) is 0 Å². The molecular weight excluding hydrogens is 311 g/mol. The molecule has 2 rings (SSSR count). The standard InChI is InChI=1S/C10H9IO2S/c1-12-9-5-6-8(14-9)4-3-7(11)10(6)13-2/h3-5H,1-2H3. The predicted molar refractivity (Wildman–Crippen MR) is 67.6 cm³/mol. The molecule has 0 saturated heterocycles. The summed E-state index contributed by atoms with van der Waals surface area (Å²) in [6, 6.07) is 6.16. The largest absolute Gasteiger partial charge is 0.495 e. The monoisotopic (exact) mass is 320 g/mol. The topological polar surface area (TPSA) is 18.5 Å². The van der Waals surface area contributed by atoms with Crippen LogP contribution in [0.15, 0.2) is 18.2 Å². The maximum Gasteiger partial charge on any atom is 0.174 e. The maximum absolute atomic E-state index is 5.36. The van der Waals surface area contributed by atoms with Crippen LogP contribution in [0.3, 0.4) is 0 Å². The fraction of sp³-hybridized carbons (Fsp3) is 0.200. The van der Waals surface area contributed by atoms with Gasteiger partial charge in [-0.2, -0.15) is 0 Å². The molecule has 0 aliphatic carbocycles. The molecule has 0 fully saturated rings. The van der Waals surface area contributed by atoms with Crippen LogP contribution in [0.2, 0.25) is 0 Å². The summed E-state index contributed by atoms with van der Waals surface area (Å²) in [7, 11) is 3.38. The number of hydrogen-bond acceptors (Lipinski definition) is 3. The third-order valence-corrected chi connectivity index (χ3v) is 3.90. The van der Waals surface area contributed by atoms with Gasteiger partial charge >= 0.3 is 0 Å². The zero-order valence-electron chi connectivity index (χ0n) is 7.83. The highest BCUT2D eigenvalue weighted by atomic mass is 127. The normalized spacial score (nSPS) is 10.5. The number of halogens is 1. The summed E-state index contributed by atoms with van der Waals surface area (Å²) in [4.78, 5) is 0. The first-order valence-electron chi connectivity index (χ1n) is 4.06. The minimum Gasteiger partial charge on any atom is -0.495 e. The van der Waals surface area contributed by atoms with Crippen molar-refractivity contribution < 1.29 is 9.47 Å². The van der Waals surface area contributed by atoms with Gasteiger partial charge in [-0.3, -0.25) is 0 Å². The van der Waals surface area contributed by atoms with E-state index >= 15 is 0 Å². The third-order valence-electron chi connectivity index (χ3n) is 1.99. The van der Waals surface area contributed by atoms with Gasteiger partial charge in [-0.05, 0) is 34.7 Å². The van der Waals surface area contributed by atoms with E-state index in [0.29, 0.717) is 0 Å². The number of benzene rings is 1. The summed E-state index contributed by atoms with van der Waals surface area (Å²) in [5, 5.41) is 2.04. The fourth-order valence-electron chi connectivity index (χ4n) is 1.34. The summed E-state index contributed by atoms with van der Waals surface area (Å²) < 4.78 is 12.9.